The highest BCUT2D eigenvalue weighted by Crippen LogP contribution is 2.37. The van der Waals surface area contributed by atoms with Crippen LogP contribution in [-0.2, 0) is 21.5 Å². The fourth-order valence-electron chi connectivity index (χ4n) is 5.23. The third-order valence-electron chi connectivity index (χ3n) is 7.26. The summed E-state index contributed by atoms with van der Waals surface area (Å²) in [6, 6.07) is 22.4. The van der Waals surface area contributed by atoms with E-state index in [0.29, 0.717) is 11.1 Å². The third-order valence-corrected chi connectivity index (χ3v) is 7.26. The smallest absolute Gasteiger partial charge is 0.326 e. The van der Waals surface area contributed by atoms with Crippen LogP contribution in [0.15, 0.2) is 72.8 Å². The molecule has 0 radical (unpaired) electrons. The largest absolute Gasteiger partial charge is 0.348 e. The van der Waals surface area contributed by atoms with Gasteiger partial charge in [0.25, 0.3) is 5.91 Å². The van der Waals surface area contributed by atoms with Gasteiger partial charge in [-0.15, -0.1) is 0 Å². The Kier molecular flexibility index (Phi) is 5.89. The number of urea groups is 1. The van der Waals surface area contributed by atoms with Crippen molar-refractivity contribution in [2.24, 2.45) is 0 Å². The first-order chi connectivity index (χ1) is 16.9. The van der Waals surface area contributed by atoms with Crippen LogP contribution in [0.4, 0.5) is 4.79 Å². The van der Waals surface area contributed by atoms with Gasteiger partial charge in [0.05, 0.1) is 6.04 Å². The molecule has 0 unspecified atom stereocenters. The molecule has 35 heavy (non-hydrogen) atoms. The van der Waals surface area contributed by atoms with Crippen LogP contribution in [0.1, 0.15) is 52.3 Å². The minimum Gasteiger partial charge on any atom is -0.348 e. The van der Waals surface area contributed by atoms with Crippen LogP contribution >= 0.6 is 0 Å². The maximum Gasteiger partial charge on any atom is 0.326 e. The average molecular weight is 468 g/mol. The van der Waals surface area contributed by atoms with E-state index in [0.717, 1.165) is 40.9 Å². The highest BCUT2D eigenvalue weighted by Gasteiger charge is 2.54. The Balaban J connectivity index is 1.44. The molecule has 6 nitrogen and oxygen atoms in total. The number of nitrogens with zero attached hydrogens (tertiary/aromatic N) is 1. The molecule has 1 aliphatic carbocycles. The molecule has 0 saturated carbocycles. The summed E-state index contributed by atoms with van der Waals surface area (Å²) >= 11 is 0. The molecule has 1 heterocycles. The van der Waals surface area contributed by atoms with Crippen LogP contribution in [0.25, 0.3) is 0 Å². The number of hydrogen-bond acceptors (Lipinski definition) is 3. The lowest BCUT2D eigenvalue weighted by atomic mass is 9.81. The minimum absolute atomic E-state index is 0.119. The molecule has 1 saturated heterocycles. The molecule has 2 N–H and O–H groups in total. The quantitative estimate of drug-likeness (QED) is 0.550. The zero-order valence-electron chi connectivity index (χ0n) is 20.0. The number of benzene rings is 3. The van der Waals surface area contributed by atoms with Crippen molar-refractivity contribution in [3.8, 4) is 0 Å². The molecule has 3 aromatic carbocycles. The van der Waals surface area contributed by atoms with Crippen LogP contribution in [0.3, 0.4) is 0 Å². The van der Waals surface area contributed by atoms with E-state index in [9.17, 15) is 14.4 Å². The summed E-state index contributed by atoms with van der Waals surface area (Å²) in [6.45, 7) is 3.65. The van der Waals surface area contributed by atoms with E-state index >= 15 is 0 Å². The van der Waals surface area contributed by atoms with Gasteiger partial charge in [0, 0.05) is 0 Å². The SMILES string of the molecule is Cc1ccc([C@]2(c3ccccc3)NC(=O)N(CC(=O)N[C@H]3CCCc4ccccc43)C2=O)cc1C. The first kappa shape index (κ1) is 22.8. The summed E-state index contributed by atoms with van der Waals surface area (Å²) in [6.07, 6.45) is 2.81. The number of rotatable bonds is 5. The fourth-order valence-corrected chi connectivity index (χ4v) is 5.23. The van der Waals surface area contributed by atoms with E-state index in [2.05, 4.69) is 16.7 Å². The number of carbonyl (C=O) groups is 3. The van der Waals surface area contributed by atoms with Crippen LogP contribution in [-0.4, -0.2) is 29.3 Å². The Hall–Kier alpha value is -3.93. The number of carbonyl (C=O) groups excluding carboxylic acids is 3. The maximum absolute atomic E-state index is 13.9. The summed E-state index contributed by atoms with van der Waals surface area (Å²) in [5.41, 5.74) is 4.41. The van der Waals surface area contributed by atoms with Crippen LogP contribution in [0, 0.1) is 13.8 Å². The topological polar surface area (TPSA) is 78.5 Å². The van der Waals surface area contributed by atoms with E-state index in [1.165, 1.54) is 5.56 Å². The first-order valence-electron chi connectivity index (χ1n) is 12.0. The molecule has 1 aliphatic heterocycles. The number of fused-ring (bicyclic) bond motifs is 1. The highest BCUT2D eigenvalue weighted by molar-refractivity contribution is 6.11. The molecule has 0 spiro atoms. The Morgan fingerprint density at radius 3 is 2.49 bits per heavy atom. The lowest BCUT2D eigenvalue weighted by molar-refractivity contribution is -0.134. The van der Waals surface area contributed by atoms with Crippen LogP contribution in [0.2, 0.25) is 0 Å². The van der Waals surface area contributed by atoms with Crippen molar-refractivity contribution in [2.45, 2.75) is 44.7 Å². The van der Waals surface area contributed by atoms with E-state index in [1.807, 2.05) is 80.6 Å². The van der Waals surface area contributed by atoms with Crippen molar-refractivity contribution in [1.29, 1.82) is 0 Å². The lowest BCUT2D eigenvalue weighted by Gasteiger charge is -2.29. The van der Waals surface area contributed by atoms with E-state index < -0.39 is 17.5 Å². The number of amides is 4. The molecular formula is C29H29N3O3. The molecule has 178 valence electrons. The predicted octanol–water partition coefficient (Wildman–Crippen LogP) is 4.29. The maximum atomic E-state index is 13.9. The van der Waals surface area contributed by atoms with E-state index in [-0.39, 0.29) is 18.5 Å². The Morgan fingerprint density at radius 1 is 0.971 bits per heavy atom. The van der Waals surface area contributed by atoms with Gasteiger partial charge < -0.3 is 10.6 Å². The van der Waals surface area contributed by atoms with E-state index in [1.54, 1.807) is 0 Å². The van der Waals surface area contributed by atoms with Gasteiger partial charge in [-0.05, 0) is 66.5 Å². The monoisotopic (exact) mass is 467 g/mol. The van der Waals surface area contributed by atoms with Gasteiger partial charge >= 0.3 is 6.03 Å². The van der Waals surface area contributed by atoms with Gasteiger partial charge in [0.15, 0.2) is 5.54 Å². The summed E-state index contributed by atoms with van der Waals surface area (Å²) in [5, 5.41) is 5.98. The van der Waals surface area contributed by atoms with Gasteiger partial charge in [-0.25, -0.2) is 4.79 Å². The third kappa shape index (κ3) is 3.99. The normalized spacial score (nSPS) is 21.4. The molecule has 4 amide bonds. The molecule has 1 fully saturated rings. The van der Waals surface area contributed by atoms with Gasteiger partial charge in [-0.1, -0.05) is 72.8 Å². The average Bonchev–Trinajstić information content (AvgIpc) is 3.12. The van der Waals surface area contributed by atoms with Crippen molar-refractivity contribution >= 4 is 17.8 Å². The molecule has 0 bridgehead atoms. The molecule has 0 aromatic heterocycles. The van der Waals surface area contributed by atoms with Crippen molar-refractivity contribution in [3.05, 3.63) is 106 Å². The Labute approximate surface area is 205 Å². The standard InChI is InChI=1S/C29H29N3O3/c1-19-15-16-23(17-20(19)2)29(22-11-4-3-5-12-22)27(34)32(28(35)31-29)18-26(33)30-25-14-8-10-21-9-6-7-13-24(21)25/h3-7,9,11-13,15-17,25H,8,10,14,18H2,1-2H3,(H,30,33)(H,31,35)/t25-,29-/m0/s1. The van der Waals surface area contributed by atoms with Crippen molar-refractivity contribution in [3.63, 3.8) is 0 Å². The number of nitrogens with one attached hydrogen (secondary N) is 2. The summed E-state index contributed by atoms with van der Waals surface area (Å²) < 4.78 is 0. The Morgan fingerprint density at radius 2 is 1.71 bits per heavy atom. The Bertz CT molecular complexity index is 1300. The number of aryl methyl sites for hydroxylation is 3. The summed E-state index contributed by atoms with van der Waals surface area (Å²) in [5.74, 6) is -0.796. The zero-order valence-corrected chi connectivity index (χ0v) is 20.0. The van der Waals surface area contributed by atoms with Gasteiger partial charge in [-0.3, -0.25) is 14.5 Å². The molecule has 2 atom stereocenters. The molecule has 5 rings (SSSR count). The lowest BCUT2D eigenvalue weighted by Crippen LogP contribution is -2.46. The second kappa shape index (κ2) is 9.02. The fraction of sp³-hybridized carbons (Fsp3) is 0.276. The summed E-state index contributed by atoms with van der Waals surface area (Å²) in [4.78, 5) is 41.2. The molecule has 6 heteroatoms. The minimum atomic E-state index is -1.38. The van der Waals surface area contributed by atoms with Gasteiger partial charge in [0.2, 0.25) is 5.91 Å². The second-order valence-corrected chi connectivity index (χ2v) is 9.45. The number of hydrogen-bond donors (Lipinski definition) is 2. The summed E-state index contributed by atoms with van der Waals surface area (Å²) in [7, 11) is 0. The van der Waals surface area contributed by atoms with Crippen molar-refractivity contribution in [2.75, 3.05) is 6.54 Å². The molecule has 3 aromatic rings. The first-order valence-corrected chi connectivity index (χ1v) is 12.0. The van der Waals surface area contributed by atoms with Crippen LogP contribution < -0.4 is 10.6 Å². The van der Waals surface area contributed by atoms with Gasteiger partial charge in [-0.2, -0.15) is 0 Å². The number of imide groups is 1. The predicted molar refractivity (Wildman–Crippen MR) is 134 cm³/mol. The van der Waals surface area contributed by atoms with Crippen molar-refractivity contribution < 1.29 is 14.4 Å². The van der Waals surface area contributed by atoms with Crippen molar-refractivity contribution in [1.82, 2.24) is 15.5 Å². The molecule has 2 aliphatic rings. The second-order valence-electron chi connectivity index (χ2n) is 9.45. The van der Waals surface area contributed by atoms with Gasteiger partial charge in [0.1, 0.15) is 6.54 Å². The highest BCUT2D eigenvalue weighted by atomic mass is 16.2. The zero-order chi connectivity index (χ0) is 24.6. The van der Waals surface area contributed by atoms with Crippen LogP contribution in [0.5, 0.6) is 0 Å². The molecular weight excluding hydrogens is 438 g/mol. The van der Waals surface area contributed by atoms with E-state index in [4.69, 9.17) is 0 Å².